The first-order valence-corrected chi connectivity index (χ1v) is 6.54. The molecule has 1 heterocycles. The summed E-state index contributed by atoms with van der Waals surface area (Å²) in [7, 11) is 0. The molecule has 4 nitrogen and oxygen atoms in total. The summed E-state index contributed by atoms with van der Waals surface area (Å²) in [5.74, 6) is 0.562. The van der Waals surface area contributed by atoms with Crippen LogP contribution in [0, 0.1) is 5.82 Å². The second kappa shape index (κ2) is 5.88. The van der Waals surface area contributed by atoms with E-state index < -0.39 is 0 Å². The molecule has 0 atom stereocenters. The number of nitrogens with zero attached hydrogens (tertiary/aromatic N) is 2. The van der Waals surface area contributed by atoms with Crippen molar-refractivity contribution in [2.45, 2.75) is 26.4 Å². The van der Waals surface area contributed by atoms with E-state index >= 15 is 0 Å². The molecular formula is C12H15FN4S. The maximum Gasteiger partial charge on any atom is 0.202 e. The molecule has 2 rings (SSSR count). The third kappa shape index (κ3) is 3.02. The summed E-state index contributed by atoms with van der Waals surface area (Å²) >= 11 is 1.29. The maximum absolute atomic E-state index is 13.7. The molecule has 18 heavy (non-hydrogen) atoms. The molecule has 0 aliphatic carbocycles. The number of aryl methyl sites for hydroxylation is 1. The third-order valence-electron chi connectivity index (χ3n) is 2.57. The minimum Gasteiger partial charge on any atom is -0.356 e. The van der Waals surface area contributed by atoms with Gasteiger partial charge in [0, 0.05) is 36.6 Å². The number of rotatable bonds is 5. The van der Waals surface area contributed by atoms with Gasteiger partial charge in [-0.3, -0.25) is 0 Å². The smallest absolute Gasteiger partial charge is 0.202 e. The van der Waals surface area contributed by atoms with Gasteiger partial charge in [-0.05, 0) is 11.6 Å². The molecule has 0 saturated carbocycles. The summed E-state index contributed by atoms with van der Waals surface area (Å²) in [6.45, 7) is 2.74. The van der Waals surface area contributed by atoms with Crippen LogP contribution < -0.4 is 11.1 Å². The number of halogens is 1. The van der Waals surface area contributed by atoms with Crippen molar-refractivity contribution in [2.24, 2.45) is 5.73 Å². The van der Waals surface area contributed by atoms with Crippen LogP contribution in [0.2, 0.25) is 0 Å². The van der Waals surface area contributed by atoms with Gasteiger partial charge in [0.05, 0.1) is 0 Å². The molecule has 0 aliphatic rings. The molecule has 0 radical (unpaired) electrons. The summed E-state index contributed by atoms with van der Waals surface area (Å²) in [5.41, 5.74) is 6.84. The van der Waals surface area contributed by atoms with Gasteiger partial charge in [0.2, 0.25) is 5.13 Å². The zero-order valence-electron chi connectivity index (χ0n) is 10.1. The molecular weight excluding hydrogens is 251 g/mol. The largest absolute Gasteiger partial charge is 0.356 e. The Morgan fingerprint density at radius 3 is 2.89 bits per heavy atom. The fourth-order valence-electron chi connectivity index (χ4n) is 1.50. The van der Waals surface area contributed by atoms with Crippen molar-refractivity contribution in [3.63, 3.8) is 0 Å². The predicted molar refractivity (Wildman–Crippen MR) is 70.9 cm³/mol. The van der Waals surface area contributed by atoms with Crippen molar-refractivity contribution in [2.75, 3.05) is 5.32 Å². The zero-order chi connectivity index (χ0) is 13.0. The Morgan fingerprint density at radius 1 is 1.44 bits per heavy atom. The predicted octanol–water partition coefficient (Wildman–Crippen LogP) is 2.31. The Morgan fingerprint density at radius 2 is 2.28 bits per heavy atom. The Kier molecular flexibility index (Phi) is 4.22. The van der Waals surface area contributed by atoms with E-state index in [2.05, 4.69) is 14.7 Å². The molecule has 6 heteroatoms. The average Bonchev–Trinajstić information content (AvgIpc) is 2.85. The monoisotopic (exact) mass is 266 g/mol. The number of hydrogen-bond donors (Lipinski definition) is 2. The average molecular weight is 266 g/mol. The summed E-state index contributed by atoms with van der Waals surface area (Å²) in [6.07, 6.45) is 0.803. The SMILES string of the molecule is CCc1nsc(NCc2ccc(CN)cc2F)n1. The lowest BCUT2D eigenvalue weighted by molar-refractivity contribution is 0.610. The van der Waals surface area contributed by atoms with Gasteiger partial charge >= 0.3 is 0 Å². The highest BCUT2D eigenvalue weighted by Gasteiger charge is 2.05. The van der Waals surface area contributed by atoms with Crippen LogP contribution >= 0.6 is 11.5 Å². The highest BCUT2D eigenvalue weighted by molar-refractivity contribution is 7.09. The fraction of sp³-hybridized carbons (Fsp3) is 0.333. The summed E-state index contributed by atoms with van der Waals surface area (Å²) in [5, 5.41) is 3.78. The fourth-order valence-corrected chi connectivity index (χ4v) is 2.15. The standard InChI is InChI=1S/C12H15FN4S/c1-2-11-16-12(18-17-11)15-7-9-4-3-8(6-14)5-10(9)13/h3-5H,2,6-7,14H2,1H3,(H,15,16,17). The lowest BCUT2D eigenvalue weighted by atomic mass is 10.1. The van der Waals surface area contributed by atoms with E-state index in [1.807, 2.05) is 13.0 Å². The first-order valence-electron chi connectivity index (χ1n) is 5.76. The van der Waals surface area contributed by atoms with Crippen LogP contribution in [-0.2, 0) is 19.5 Å². The molecule has 1 aromatic heterocycles. The molecule has 0 aliphatic heterocycles. The third-order valence-corrected chi connectivity index (χ3v) is 3.28. The van der Waals surface area contributed by atoms with Crippen LogP contribution in [0.1, 0.15) is 23.9 Å². The minimum absolute atomic E-state index is 0.245. The minimum atomic E-state index is -0.245. The molecule has 96 valence electrons. The van der Waals surface area contributed by atoms with Crippen molar-refractivity contribution >= 4 is 16.7 Å². The van der Waals surface area contributed by atoms with Crippen LogP contribution in [0.15, 0.2) is 18.2 Å². The van der Waals surface area contributed by atoms with Gasteiger partial charge in [0.15, 0.2) is 0 Å². The van der Waals surface area contributed by atoms with E-state index in [0.29, 0.717) is 23.8 Å². The van der Waals surface area contributed by atoms with E-state index in [-0.39, 0.29) is 5.82 Å². The second-order valence-corrected chi connectivity index (χ2v) is 4.60. The van der Waals surface area contributed by atoms with Gasteiger partial charge in [-0.25, -0.2) is 9.37 Å². The molecule has 0 unspecified atom stereocenters. The molecule has 0 bridgehead atoms. The first-order chi connectivity index (χ1) is 8.72. The lowest BCUT2D eigenvalue weighted by Crippen LogP contribution is -2.04. The number of benzene rings is 1. The number of anilines is 1. The molecule has 2 aromatic rings. The molecule has 1 aromatic carbocycles. The van der Waals surface area contributed by atoms with Crippen molar-refractivity contribution in [1.29, 1.82) is 0 Å². The van der Waals surface area contributed by atoms with E-state index in [4.69, 9.17) is 5.73 Å². The van der Waals surface area contributed by atoms with Crippen LogP contribution in [0.25, 0.3) is 0 Å². The van der Waals surface area contributed by atoms with Gasteiger partial charge in [0.25, 0.3) is 0 Å². The number of nitrogens with one attached hydrogen (secondary N) is 1. The quantitative estimate of drug-likeness (QED) is 0.871. The Bertz CT molecular complexity index is 527. The Labute approximate surface area is 109 Å². The van der Waals surface area contributed by atoms with Gasteiger partial charge < -0.3 is 11.1 Å². The van der Waals surface area contributed by atoms with Crippen molar-refractivity contribution < 1.29 is 4.39 Å². The van der Waals surface area contributed by atoms with E-state index in [1.165, 1.54) is 17.6 Å². The van der Waals surface area contributed by atoms with E-state index in [9.17, 15) is 4.39 Å². The lowest BCUT2D eigenvalue weighted by Gasteiger charge is -2.05. The molecule has 3 N–H and O–H groups in total. The topological polar surface area (TPSA) is 63.8 Å². The summed E-state index contributed by atoms with van der Waals surface area (Å²) < 4.78 is 17.8. The van der Waals surface area contributed by atoms with Crippen LogP contribution in [0.4, 0.5) is 9.52 Å². The summed E-state index contributed by atoms with van der Waals surface area (Å²) in [6, 6.07) is 5.04. The van der Waals surface area contributed by atoms with Crippen LogP contribution in [0.3, 0.4) is 0 Å². The van der Waals surface area contributed by atoms with E-state index in [1.54, 1.807) is 6.07 Å². The van der Waals surface area contributed by atoms with Gasteiger partial charge in [-0.1, -0.05) is 19.1 Å². The molecule has 0 spiro atoms. The van der Waals surface area contributed by atoms with Gasteiger partial charge in [-0.15, -0.1) is 0 Å². The number of aromatic nitrogens is 2. The van der Waals surface area contributed by atoms with Crippen molar-refractivity contribution in [3.05, 3.63) is 41.0 Å². The van der Waals surface area contributed by atoms with Gasteiger partial charge in [0.1, 0.15) is 11.6 Å². The molecule has 0 amide bonds. The molecule has 0 fully saturated rings. The van der Waals surface area contributed by atoms with Crippen LogP contribution in [0.5, 0.6) is 0 Å². The molecule has 0 saturated heterocycles. The second-order valence-electron chi connectivity index (χ2n) is 3.85. The number of nitrogens with two attached hydrogens (primary N) is 1. The summed E-state index contributed by atoms with van der Waals surface area (Å²) in [4.78, 5) is 4.26. The van der Waals surface area contributed by atoms with Crippen LogP contribution in [-0.4, -0.2) is 9.36 Å². The maximum atomic E-state index is 13.7. The van der Waals surface area contributed by atoms with E-state index in [0.717, 1.165) is 17.8 Å². The Hall–Kier alpha value is -1.53. The Balaban J connectivity index is 2.01. The van der Waals surface area contributed by atoms with Crippen molar-refractivity contribution in [3.8, 4) is 0 Å². The van der Waals surface area contributed by atoms with Gasteiger partial charge in [-0.2, -0.15) is 4.37 Å². The highest BCUT2D eigenvalue weighted by Crippen LogP contribution is 2.15. The zero-order valence-corrected chi connectivity index (χ0v) is 10.9. The highest BCUT2D eigenvalue weighted by atomic mass is 32.1. The number of hydrogen-bond acceptors (Lipinski definition) is 5. The first kappa shape index (κ1) is 12.9. The normalized spacial score (nSPS) is 10.6. The van der Waals surface area contributed by atoms with Crippen molar-refractivity contribution in [1.82, 2.24) is 9.36 Å².